The zero-order valence-corrected chi connectivity index (χ0v) is 11.8. The van der Waals surface area contributed by atoms with E-state index in [0.29, 0.717) is 25.1 Å². The number of aromatic nitrogens is 2. The maximum atomic E-state index is 13.7. The molecule has 1 aromatic heterocycles. The molecule has 0 atom stereocenters. The molecule has 4 nitrogen and oxygen atoms in total. The molecule has 0 saturated heterocycles. The molecule has 1 aromatic carbocycles. The lowest BCUT2D eigenvalue weighted by atomic mass is 10.2. The fourth-order valence-electron chi connectivity index (χ4n) is 1.81. The molecule has 0 fully saturated rings. The Hall–Kier alpha value is -2.32. The van der Waals surface area contributed by atoms with Crippen molar-refractivity contribution in [3.63, 3.8) is 0 Å². The largest absolute Gasteiger partial charge is 0.489 e. The Balaban J connectivity index is 1.97. The molecule has 2 aromatic rings. The van der Waals surface area contributed by atoms with E-state index in [1.807, 2.05) is 17.7 Å². The van der Waals surface area contributed by atoms with E-state index in [2.05, 4.69) is 16.8 Å². The van der Waals surface area contributed by atoms with Gasteiger partial charge in [0.25, 0.3) is 0 Å². The van der Waals surface area contributed by atoms with E-state index >= 15 is 0 Å². The van der Waals surface area contributed by atoms with E-state index in [1.54, 1.807) is 18.3 Å². The minimum atomic E-state index is -0.412. The first-order chi connectivity index (χ1) is 10.2. The van der Waals surface area contributed by atoms with E-state index in [4.69, 9.17) is 9.84 Å². The van der Waals surface area contributed by atoms with Crippen molar-refractivity contribution >= 4 is 0 Å². The molecule has 0 spiro atoms. The zero-order valence-electron chi connectivity index (χ0n) is 11.8. The summed E-state index contributed by atoms with van der Waals surface area (Å²) in [4.78, 5) is 4.11. The quantitative estimate of drug-likeness (QED) is 0.858. The molecule has 5 heteroatoms. The number of hydrogen-bond donors (Lipinski definition) is 1. The van der Waals surface area contributed by atoms with Crippen LogP contribution in [0.2, 0.25) is 0 Å². The van der Waals surface area contributed by atoms with Crippen molar-refractivity contribution in [2.24, 2.45) is 0 Å². The maximum absolute atomic E-state index is 13.7. The van der Waals surface area contributed by atoms with E-state index in [-0.39, 0.29) is 12.4 Å². The average Bonchev–Trinajstić information content (AvgIpc) is 2.88. The smallest absolute Gasteiger partial charge is 0.165 e. The molecule has 1 heterocycles. The van der Waals surface area contributed by atoms with Crippen LogP contribution >= 0.6 is 0 Å². The van der Waals surface area contributed by atoms with Crippen molar-refractivity contribution in [2.75, 3.05) is 13.2 Å². The second-order valence-corrected chi connectivity index (χ2v) is 4.44. The lowest BCUT2D eigenvalue weighted by Crippen LogP contribution is -2.09. The van der Waals surface area contributed by atoms with Crippen molar-refractivity contribution in [2.45, 2.75) is 19.9 Å². The number of imidazole rings is 1. The molecule has 1 N–H and O–H groups in total. The van der Waals surface area contributed by atoms with Gasteiger partial charge in [0.05, 0.1) is 13.2 Å². The predicted molar refractivity (Wildman–Crippen MR) is 77.4 cm³/mol. The molecule has 0 unspecified atom stereocenters. The number of aliphatic hydroxyl groups is 1. The van der Waals surface area contributed by atoms with Crippen LogP contribution in [0, 0.1) is 24.6 Å². The van der Waals surface area contributed by atoms with Gasteiger partial charge in [-0.1, -0.05) is 11.8 Å². The van der Waals surface area contributed by atoms with Gasteiger partial charge in [0.2, 0.25) is 0 Å². The highest BCUT2D eigenvalue weighted by Crippen LogP contribution is 2.18. The molecular formula is C16H17FN2O2. The fraction of sp³-hybridized carbons (Fsp3) is 0.312. The topological polar surface area (TPSA) is 47.3 Å². The third kappa shape index (κ3) is 4.33. The summed E-state index contributed by atoms with van der Waals surface area (Å²) in [6.45, 7) is 2.87. The summed E-state index contributed by atoms with van der Waals surface area (Å²) in [5, 5.41) is 8.68. The molecule has 0 aliphatic carbocycles. The molecule has 2 rings (SSSR count). The second kappa shape index (κ2) is 7.46. The number of aliphatic hydroxyl groups excluding tert-OH is 1. The highest BCUT2D eigenvalue weighted by molar-refractivity contribution is 5.40. The highest BCUT2D eigenvalue weighted by atomic mass is 19.1. The Morgan fingerprint density at radius 3 is 3.00 bits per heavy atom. The maximum Gasteiger partial charge on any atom is 0.165 e. The number of aryl methyl sites for hydroxylation is 1. The summed E-state index contributed by atoms with van der Waals surface area (Å²) < 4.78 is 21.1. The Labute approximate surface area is 123 Å². The first kappa shape index (κ1) is 15.1. The summed E-state index contributed by atoms with van der Waals surface area (Å²) in [6.07, 6.45) is 3.96. The molecule has 21 heavy (non-hydrogen) atoms. The van der Waals surface area contributed by atoms with E-state index < -0.39 is 5.82 Å². The Kier molecular flexibility index (Phi) is 5.35. The predicted octanol–water partition coefficient (Wildman–Crippen LogP) is 2.14. The molecule has 0 amide bonds. The van der Waals surface area contributed by atoms with Gasteiger partial charge in [0.1, 0.15) is 12.4 Å². The molecule has 0 aliphatic rings. The number of benzene rings is 1. The van der Waals surface area contributed by atoms with Gasteiger partial charge >= 0.3 is 0 Å². The van der Waals surface area contributed by atoms with Crippen LogP contribution in [0.15, 0.2) is 30.6 Å². The summed E-state index contributed by atoms with van der Waals surface area (Å²) >= 11 is 0. The molecule has 0 bridgehead atoms. The summed E-state index contributed by atoms with van der Waals surface area (Å²) in [6, 6.07) is 4.49. The first-order valence-electron chi connectivity index (χ1n) is 6.70. The van der Waals surface area contributed by atoms with Crippen molar-refractivity contribution in [3.05, 3.63) is 47.8 Å². The lowest BCUT2D eigenvalue weighted by Gasteiger charge is -2.09. The molecule has 110 valence electrons. The zero-order chi connectivity index (χ0) is 15.1. The summed E-state index contributed by atoms with van der Waals surface area (Å²) in [5.41, 5.74) is 0.665. The third-order valence-electron chi connectivity index (χ3n) is 2.91. The molecular weight excluding hydrogens is 271 g/mol. The van der Waals surface area contributed by atoms with Gasteiger partial charge in [0, 0.05) is 24.4 Å². The van der Waals surface area contributed by atoms with Crippen LogP contribution in [0.3, 0.4) is 0 Å². The number of nitrogens with zero attached hydrogens (tertiary/aromatic N) is 2. The highest BCUT2D eigenvalue weighted by Gasteiger charge is 2.04. The molecule has 0 saturated carbocycles. The average molecular weight is 288 g/mol. The van der Waals surface area contributed by atoms with Gasteiger partial charge in [-0.15, -0.1) is 0 Å². The van der Waals surface area contributed by atoms with Crippen LogP contribution < -0.4 is 4.74 Å². The van der Waals surface area contributed by atoms with Gasteiger partial charge in [0.15, 0.2) is 11.6 Å². The van der Waals surface area contributed by atoms with E-state index in [0.717, 1.165) is 5.82 Å². The van der Waals surface area contributed by atoms with Crippen molar-refractivity contribution in [1.82, 2.24) is 9.55 Å². The van der Waals surface area contributed by atoms with Crippen LogP contribution in [0.1, 0.15) is 17.8 Å². The van der Waals surface area contributed by atoms with Gasteiger partial charge < -0.3 is 14.4 Å². The fourth-order valence-corrected chi connectivity index (χ4v) is 1.81. The number of hydrogen-bond acceptors (Lipinski definition) is 3. The Morgan fingerprint density at radius 1 is 1.43 bits per heavy atom. The van der Waals surface area contributed by atoms with Crippen molar-refractivity contribution in [3.8, 4) is 17.6 Å². The molecule has 0 aliphatic heterocycles. The van der Waals surface area contributed by atoms with Crippen LogP contribution in [-0.2, 0) is 6.54 Å². The number of rotatable bonds is 5. The third-order valence-corrected chi connectivity index (χ3v) is 2.91. The normalized spacial score (nSPS) is 10.0. The lowest BCUT2D eigenvalue weighted by molar-refractivity contribution is 0.283. The van der Waals surface area contributed by atoms with Gasteiger partial charge in [-0.2, -0.15) is 0 Å². The van der Waals surface area contributed by atoms with Crippen LogP contribution in [0.4, 0.5) is 4.39 Å². The van der Waals surface area contributed by atoms with Crippen LogP contribution in [0.5, 0.6) is 5.75 Å². The summed E-state index contributed by atoms with van der Waals surface area (Å²) in [7, 11) is 0. The van der Waals surface area contributed by atoms with Crippen LogP contribution in [0.25, 0.3) is 0 Å². The SMILES string of the molecule is Cc1nccn1CCOc1cc(C#CCCO)ccc1F. The number of halogens is 1. The standard InChI is InChI=1S/C16H17FN2O2/c1-13-18-7-8-19(13)9-11-21-16-12-14(4-2-3-10-20)5-6-15(16)17/h5-8,12,20H,3,9-11H2,1H3. The van der Waals surface area contributed by atoms with Gasteiger partial charge in [-0.25, -0.2) is 9.37 Å². The summed E-state index contributed by atoms with van der Waals surface area (Å²) in [5.74, 6) is 6.31. The second-order valence-electron chi connectivity index (χ2n) is 4.44. The van der Waals surface area contributed by atoms with Crippen LogP contribution in [-0.4, -0.2) is 27.9 Å². The van der Waals surface area contributed by atoms with Crippen molar-refractivity contribution in [1.29, 1.82) is 0 Å². The number of ether oxygens (including phenoxy) is 1. The Morgan fingerprint density at radius 2 is 2.29 bits per heavy atom. The van der Waals surface area contributed by atoms with Gasteiger partial charge in [-0.3, -0.25) is 0 Å². The minimum absolute atomic E-state index is 0.0157. The van der Waals surface area contributed by atoms with E-state index in [1.165, 1.54) is 6.07 Å². The minimum Gasteiger partial charge on any atom is -0.489 e. The monoisotopic (exact) mass is 288 g/mol. The van der Waals surface area contributed by atoms with Gasteiger partial charge in [-0.05, 0) is 25.1 Å². The van der Waals surface area contributed by atoms with E-state index in [9.17, 15) is 4.39 Å². The molecule has 0 radical (unpaired) electrons. The van der Waals surface area contributed by atoms with Crippen molar-refractivity contribution < 1.29 is 14.2 Å². The Bertz CT molecular complexity index is 656. The first-order valence-corrected chi connectivity index (χ1v) is 6.70.